The van der Waals surface area contributed by atoms with E-state index in [9.17, 15) is 8.78 Å². The van der Waals surface area contributed by atoms with E-state index in [1.165, 1.54) is 31.0 Å². The molecule has 1 atom stereocenters. The Labute approximate surface area is 127 Å². The van der Waals surface area contributed by atoms with Crippen LogP contribution >= 0.6 is 0 Å². The van der Waals surface area contributed by atoms with Crippen molar-refractivity contribution in [1.29, 1.82) is 0 Å². The molecule has 2 rings (SSSR count). The van der Waals surface area contributed by atoms with Crippen molar-refractivity contribution in [2.45, 2.75) is 58.4 Å². The highest BCUT2D eigenvalue weighted by Gasteiger charge is 2.41. The summed E-state index contributed by atoms with van der Waals surface area (Å²) in [5.74, 6) is -0.245. The average molecular weight is 295 g/mol. The summed E-state index contributed by atoms with van der Waals surface area (Å²) in [4.78, 5) is 0. The summed E-state index contributed by atoms with van der Waals surface area (Å²) >= 11 is 0. The van der Waals surface area contributed by atoms with Crippen molar-refractivity contribution in [2.75, 3.05) is 7.05 Å². The maximum atomic E-state index is 14.0. The monoisotopic (exact) mass is 295 g/mol. The van der Waals surface area contributed by atoms with E-state index >= 15 is 0 Å². The van der Waals surface area contributed by atoms with E-state index in [4.69, 9.17) is 0 Å². The first-order valence-electron chi connectivity index (χ1n) is 8.08. The zero-order valence-electron chi connectivity index (χ0n) is 13.4. The minimum atomic E-state index is -0.423. The molecule has 118 valence electrons. The van der Waals surface area contributed by atoms with Gasteiger partial charge in [0.1, 0.15) is 11.6 Å². The second-order valence-corrected chi connectivity index (χ2v) is 6.91. The summed E-state index contributed by atoms with van der Waals surface area (Å²) < 4.78 is 27.9. The van der Waals surface area contributed by atoms with E-state index in [0.717, 1.165) is 19.3 Å². The van der Waals surface area contributed by atoms with E-state index in [1.54, 1.807) is 0 Å². The van der Waals surface area contributed by atoms with Gasteiger partial charge in [0.05, 0.1) is 0 Å². The molecule has 0 aliphatic heterocycles. The van der Waals surface area contributed by atoms with Crippen molar-refractivity contribution in [3.05, 3.63) is 35.4 Å². The molecule has 0 saturated heterocycles. The molecule has 0 heterocycles. The van der Waals surface area contributed by atoms with E-state index in [1.807, 2.05) is 7.05 Å². The SMILES string of the molecule is CNC(Cc1c(F)cccc1F)C1(CC(C)C)CCCC1. The highest BCUT2D eigenvalue weighted by molar-refractivity contribution is 5.21. The van der Waals surface area contributed by atoms with Gasteiger partial charge in [-0.1, -0.05) is 32.8 Å². The molecule has 3 heteroatoms. The molecule has 1 aliphatic carbocycles. The van der Waals surface area contributed by atoms with Crippen LogP contribution in [0.1, 0.15) is 51.5 Å². The molecular formula is C18H27F2N. The molecule has 0 radical (unpaired) electrons. The van der Waals surface area contributed by atoms with Gasteiger partial charge in [0.2, 0.25) is 0 Å². The normalized spacial score (nSPS) is 19.1. The van der Waals surface area contributed by atoms with Gasteiger partial charge in [0.15, 0.2) is 0 Å². The highest BCUT2D eigenvalue weighted by atomic mass is 19.1. The first-order valence-corrected chi connectivity index (χ1v) is 8.08. The minimum absolute atomic E-state index is 0.133. The molecule has 1 nitrogen and oxygen atoms in total. The molecule has 21 heavy (non-hydrogen) atoms. The first-order chi connectivity index (χ1) is 9.98. The zero-order valence-corrected chi connectivity index (χ0v) is 13.4. The lowest BCUT2D eigenvalue weighted by atomic mass is 9.71. The number of nitrogens with one attached hydrogen (secondary N) is 1. The van der Waals surface area contributed by atoms with Crippen LogP contribution in [0.25, 0.3) is 0 Å². The van der Waals surface area contributed by atoms with Crippen molar-refractivity contribution in [1.82, 2.24) is 5.32 Å². The van der Waals surface area contributed by atoms with Crippen LogP contribution in [0.4, 0.5) is 8.78 Å². The molecule has 0 aromatic heterocycles. The van der Waals surface area contributed by atoms with E-state index in [0.29, 0.717) is 12.3 Å². The standard InChI is InChI=1S/C18H27F2N/c1-13(2)12-18(9-4-5-10-18)17(21-3)11-14-15(19)7-6-8-16(14)20/h6-8,13,17,21H,4-5,9-12H2,1-3H3. The number of benzene rings is 1. The first kappa shape index (κ1) is 16.4. The van der Waals surface area contributed by atoms with Gasteiger partial charge in [-0.15, -0.1) is 0 Å². The van der Waals surface area contributed by atoms with Crippen molar-refractivity contribution >= 4 is 0 Å². The lowest BCUT2D eigenvalue weighted by molar-refractivity contribution is 0.158. The summed E-state index contributed by atoms with van der Waals surface area (Å²) in [6.07, 6.45) is 6.32. The molecule has 1 unspecified atom stereocenters. The number of hydrogen-bond donors (Lipinski definition) is 1. The third kappa shape index (κ3) is 3.63. The summed E-state index contributed by atoms with van der Waals surface area (Å²) in [6.45, 7) is 4.47. The molecule has 0 amide bonds. The molecule has 1 aliphatic rings. The van der Waals surface area contributed by atoms with Gasteiger partial charge >= 0.3 is 0 Å². The van der Waals surface area contributed by atoms with Crippen LogP contribution in [-0.4, -0.2) is 13.1 Å². The summed E-state index contributed by atoms with van der Waals surface area (Å²) in [7, 11) is 1.92. The lowest BCUT2D eigenvalue weighted by Gasteiger charge is -2.39. The molecule has 1 aromatic carbocycles. The second-order valence-electron chi connectivity index (χ2n) is 6.91. The maximum absolute atomic E-state index is 14.0. The Hall–Kier alpha value is -0.960. The van der Waals surface area contributed by atoms with Crippen LogP contribution < -0.4 is 5.32 Å². The summed E-state index contributed by atoms with van der Waals surface area (Å²) in [5.41, 5.74) is 0.407. The quantitative estimate of drug-likeness (QED) is 0.802. The predicted molar refractivity (Wildman–Crippen MR) is 83.3 cm³/mol. The van der Waals surface area contributed by atoms with E-state index in [-0.39, 0.29) is 17.0 Å². The van der Waals surface area contributed by atoms with Gasteiger partial charge < -0.3 is 5.32 Å². The van der Waals surface area contributed by atoms with Gasteiger partial charge in [0, 0.05) is 11.6 Å². The Bertz CT molecular complexity index is 444. The van der Waals surface area contributed by atoms with Crippen LogP contribution in [0.5, 0.6) is 0 Å². The van der Waals surface area contributed by atoms with Crippen LogP contribution in [0.3, 0.4) is 0 Å². The minimum Gasteiger partial charge on any atom is -0.316 e. The molecule has 0 spiro atoms. The Kier molecular flexibility index (Phi) is 5.37. The molecule has 1 aromatic rings. The van der Waals surface area contributed by atoms with E-state index < -0.39 is 11.6 Å². The van der Waals surface area contributed by atoms with Gasteiger partial charge in [-0.05, 0) is 56.2 Å². The average Bonchev–Trinajstić information content (AvgIpc) is 2.87. The number of halogens is 2. The fourth-order valence-corrected chi connectivity index (χ4v) is 4.14. The Morgan fingerprint density at radius 1 is 1.14 bits per heavy atom. The summed E-state index contributed by atoms with van der Waals surface area (Å²) in [5, 5.41) is 3.36. The fourth-order valence-electron chi connectivity index (χ4n) is 4.14. The van der Waals surface area contributed by atoms with Crippen molar-refractivity contribution in [3.63, 3.8) is 0 Å². The highest BCUT2D eigenvalue weighted by Crippen LogP contribution is 2.46. The number of likely N-dealkylation sites (N-methyl/N-ethyl adjacent to an activating group) is 1. The topological polar surface area (TPSA) is 12.0 Å². The second kappa shape index (κ2) is 6.87. The van der Waals surface area contributed by atoms with Crippen LogP contribution in [0, 0.1) is 23.0 Å². The van der Waals surface area contributed by atoms with Crippen LogP contribution in [0.2, 0.25) is 0 Å². The third-order valence-electron chi connectivity index (χ3n) is 4.97. The Balaban J connectivity index is 2.25. The van der Waals surface area contributed by atoms with Gasteiger partial charge in [-0.3, -0.25) is 0 Å². The van der Waals surface area contributed by atoms with Gasteiger partial charge in [0.25, 0.3) is 0 Å². The Morgan fingerprint density at radius 3 is 2.19 bits per heavy atom. The van der Waals surface area contributed by atoms with Gasteiger partial charge in [-0.2, -0.15) is 0 Å². The molecule has 0 bridgehead atoms. The van der Waals surface area contributed by atoms with Crippen molar-refractivity contribution < 1.29 is 8.78 Å². The van der Waals surface area contributed by atoms with Gasteiger partial charge in [-0.25, -0.2) is 8.78 Å². The zero-order chi connectivity index (χ0) is 15.5. The molecule has 1 N–H and O–H groups in total. The Morgan fingerprint density at radius 2 is 1.71 bits per heavy atom. The predicted octanol–water partition coefficient (Wildman–Crippen LogP) is 4.70. The molecule has 1 fully saturated rings. The third-order valence-corrected chi connectivity index (χ3v) is 4.97. The maximum Gasteiger partial charge on any atom is 0.129 e. The van der Waals surface area contributed by atoms with E-state index in [2.05, 4.69) is 19.2 Å². The lowest BCUT2D eigenvalue weighted by Crippen LogP contribution is -2.45. The smallest absolute Gasteiger partial charge is 0.129 e. The van der Waals surface area contributed by atoms with Crippen molar-refractivity contribution in [3.8, 4) is 0 Å². The fraction of sp³-hybridized carbons (Fsp3) is 0.667. The molecular weight excluding hydrogens is 268 g/mol. The summed E-state index contributed by atoms with van der Waals surface area (Å²) in [6, 6.07) is 4.28. The van der Waals surface area contributed by atoms with Crippen molar-refractivity contribution in [2.24, 2.45) is 11.3 Å². The number of hydrogen-bond acceptors (Lipinski definition) is 1. The largest absolute Gasteiger partial charge is 0.316 e. The molecule has 1 saturated carbocycles. The number of rotatable bonds is 6. The van der Waals surface area contributed by atoms with Crippen LogP contribution in [0.15, 0.2) is 18.2 Å². The van der Waals surface area contributed by atoms with Crippen LogP contribution in [-0.2, 0) is 6.42 Å².